The number of amides is 1. The maximum atomic E-state index is 14.2. The van der Waals surface area contributed by atoms with Gasteiger partial charge in [0.1, 0.15) is 11.3 Å². The van der Waals surface area contributed by atoms with Gasteiger partial charge in [0.15, 0.2) is 0 Å². The molecule has 0 spiro atoms. The molecule has 6 nitrogen and oxygen atoms in total. The first-order valence-electron chi connectivity index (χ1n) is 8.78. The van der Waals surface area contributed by atoms with Crippen LogP contribution >= 0.6 is 0 Å². The van der Waals surface area contributed by atoms with Gasteiger partial charge in [0.25, 0.3) is 0 Å². The van der Waals surface area contributed by atoms with Gasteiger partial charge in [0, 0.05) is 12.1 Å². The molecule has 3 aromatic rings. The highest BCUT2D eigenvalue weighted by Gasteiger charge is 2.15. The molecule has 1 aromatic heterocycles. The van der Waals surface area contributed by atoms with E-state index < -0.39 is 0 Å². The van der Waals surface area contributed by atoms with Crippen LogP contribution in [-0.2, 0) is 11.3 Å². The molecule has 26 heavy (non-hydrogen) atoms. The van der Waals surface area contributed by atoms with E-state index in [1.54, 1.807) is 12.1 Å². The smallest absolute Gasteiger partial charge is 0.234 e. The summed E-state index contributed by atoms with van der Waals surface area (Å²) in [5.74, 6) is -0.390. The van der Waals surface area contributed by atoms with Crippen molar-refractivity contribution in [2.75, 3.05) is 19.6 Å². The van der Waals surface area contributed by atoms with Crippen molar-refractivity contribution < 1.29 is 9.18 Å². The van der Waals surface area contributed by atoms with Gasteiger partial charge >= 0.3 is 0 Å². The highest BCUT2D eigenvalue weighted by atomic mass is 19.1. The van der Waals surface area contributed by atoms with Crippen LogP contribution in [0.2, 0.25) is 0 Å². The maximum absolute atomic E-state index is 14.2. The van der Waals surface area contributed by atoms with Crippen molar-refractivity contribution >= 4 is 16.9 Å². The standard InChI is InChI=1S/C19H20FN5O/c20-16-5-3-13(14-4-6-17-18(10-14)23-24-22-17)9-15(16)11-21-19(26)12-25-7-1-2-8-25/h3-6,9-10H,1-2,7-8,11-12H2,(H,21,26)(H,22,23,24). The van der Waals surface area contributed by atoms with Gasteiger partial charge in [-0.25, -0.2) is 4.39 Å². The lowest BCUT2D eigenvalue weighted by atomic mass is 10.0. The number of likely N-dealkylation sites (tertiary alicyclic amines) is 1. The number of fused-ring (bicyclic) bond motifs is 1. The van der Waals surface area contributed by atoms with E-state index in [1.807, 2.05) is 18.2 Å². The minimum absolute atomic E-state index is 0.0688. The molecule has 1 aliphatic rings. The summed E-state index contributed by atoms with van der Waals surface area (Å²) < 4.78 is 14.2. The quantitative estimate of drug-likeness (QED) is 0.739. The summed E-state index contributed by atoms with van der Waals surface area (Å²) in [7, 11) is 0. The van der Waals surface area contributed by atoms with Gasteiger partial charge < -0.3 is 5.32 Å². The zero-order valence-electron chi connectivity index (χ0n) is 14.3. The predicted octanol–water partition coefficient (Wildman–Crippen LogP) is 2.48. The van der Waals surface area contributed by atoms with Gasteiger partial charge in [-0.3, -0.25) is 14.8 Å². The Morgan fingerprint density at radius 3 is 2.77 bits per heavy atom. The van der Waals surface area contributed by atoms with E-state index in [4.69, 9.17) is 0 Å². The van der Waals surface area contributed by atoms with Crippen molar-refractivity contribution in [2.45, 2.75) is 19.4 Å². The summed E-state index contributed by atoms with van der Waals surface area (Å²) >= 11 is 0. The van der Waals surface area contributed by atoms with Crippen LogP contribution in [0.5, 0.6) is 0 Å². The van der Waals surface area contributed by atoms with Crippen molar-refractivity contribution in [3.8, 4) is 11.1 Å². The Hall–Kier alpha value is -2.80. The molecule has 4 rings (SSSR count). The molecule has 134 valence electrons. The summed E-state index contributed by atoms with van der Waals surface area (Å²) in [5.41, 5.74) is 3.88. The lowest BCUT2D eigenvalue weighted by Gasteiger charge is -2.14. The summed E-state index contributed by atoms with van der Waals surface area (Å²) in [6.45, 7) is 2.48. The summed E-state index contributed by atoms with van der Waals surface area (Å²) in [6, 6.07) is 10.7. The molecule has 1 saturated heterocycles. The maximum Gasteiger partial charge on any atom is 0.234 e. The van der Waals surface area contributed by atoms with Gasteiger partial charge in [-0.1, -0.05) is 17.3 Å². The summed E-state index contributed by atoms with van der Waals surface area (Å²) in [5, 5.41) is 13.4. The van der Waals surface area contributed by atoms with E-state index >= 15 is 0 Å². The SMILES string of the molecule is O=C(CN1CCCC1)NCc1cc(-c2ccc3[nH]nnc3c2)ccc1F. The van der Waals surface area contributed by atoms with Crippen molar-refractivity contribution in [1.29, 1.82) is 0 Å². The average molecular weight is 353 g/mol. The lowest BCUT2D eigenvalue weighted by molar-refractivity contribution is -0.122. The van der Waals surface area contributed by atoms with E-state index in [1.165, 1.54) is 6.07 Å². The Labute approximate surface area is 150 Å². The number of nitrogens with zero attached hydrogens (tertiary/aromatic N) is 3. The molecule has 2 heterocycles. The van der Waals surface area contributed by atoms with Crippen molar-refractivity contribution in [2.24, 2.45) is 0 Å². The zero-order chi connectivity index (χ0) is 17.9. The first-order chi connectivity index (χ1) is 12.7. The molecular weight excluding hydrogens is 333 g/mol. The van der Waals surface area contributed by atoms with Crippen molar-refractivity contribution in [1.82, 2.24) is 25.6 Å². The fourth-order valence-electron chi connectivity index (χ4n) is 3.30. The lowest BCUT2D eigenvalue weighted by Crippen LogP contribution is -2.35. The molecule has 7 heteroatoms. The molecule has 1 amide bonds. The molecule has 0 radical (unpaired) electrons. The van der Waals surface area contributed by atoms with Gasteiger partial charge in [-0.15, -0.1) is 5.10 Å². The largest absolute Gasteiger partial charge is 0.351 e. The van der Waals surface area contributed by atoms with Crippen LogP contribution in [0.25, 0.3) is 22.2 Å². The normalized spacial score (nSPS) is 14.8. The van der Waals surface area contributed by atoms with E-state index in [9.17, 15) is 9.18 Å². The number of halogens is 1. The number of aromatic amines is 1. The monoisotopic (exact) mass is 353 g/mol. The predicted molar refractivity (Wildman–Crippen MR) is 96.8 cm³/mol. The van der Waals surface area contributed by atoms with Gasteiger partial charge in [-0.05, 0) is 61.3 Å². The number of carbonyl (C=O) groups excluding carboxylic acids is 1. The Balaban J connectivity index is 1.47. The molecule has 1 aliphatic heterocycles. The number of benzene rings is 2. The number of nitrogens with one attached hydrogen (secondary N) is 2. The van der Waals surface area contributed by atoms with E-state index in [0.717, 1.165) is 48.1 Å². The van der Waals surface area contributed by atoms with Crippen LogP contribution in [-0.4, -0.2) is 45.9 Å². The molecule has 0 saturated carbocycles. The highest BCUT2D eigenvalue weighted by Crippen LogP contribution is 2.24. The zero-order valence-corrected chi connectivity index (χ0v) is 14.3. The third-order valence-electron chi connectivity index (χ3n) is 4.75. The molecule has 2 N–H and O–H groups in total. The van der Waals surface area contributed by atoms with Gasteiger partial charge in [-0.2, -0.15) is 0 Å². The molecule has 0 aliphatic carbocycles. The van der Waals surface area contributed by atoms with Crippen molar-refractivity contribution in [3.05, 3.63) is 47.8 Å². The fourth-order valence-corrected chi connectivity index (χ4v) is 3.30. The fraction of sp³-hybridized carbons (Fsp3) is 0.316. The molecule has 0 atom stereocenters. The second-order valence-electron chi connectivity index (χ2n) is 6.61. The Morgan fingerprint density at radius 1 is 1.15 bits per heavy atom. The first-order valence-corrected chi connectivity index (χ1v) is 8.78. The van der Waals surface area contributed by atoms with Crippen LogP contribution in [0.3, 0.4) is 0 Å². The van der Waals surface area contributed by atoms with Crippen molar-refractivity contribution in [3.63, 3.8) is 0 Å². The number of rotatable bonds is 5. The number of carbonyl (C=O) groups is 1. The number of hydrogen-bond donors (Lipinski definition) is 2. The van der Waals surface area contributed by atoms with E-state index in [0.29, 0.717) is 12.1 Å². The first kappa shape index (κ1) is 16.7. The molecule has 1 fully saturated rings. The van der Waals surface area contributed by atoms with Gasteiger partial charge in [0.05, 0.1) is 12.1 Å². The number of H-pyrrole nitrogens is 1. The summed E-state index contributed by atoms with van der Waals surface area (Å²) in [4.78, 5) is 14.2. The Bertz CT molecular complexity index is 933. The Kier molecular flexibility index (Phi) is 4.62. The van der Waals surface area contributed by atoms with E-state index in [-0.39, 0.29) is 18.3 Å². The van der Waals surface area contributed by atoms with Gasteiger partial charge in [0.2, 0.25) is 5.91 Å². The molecule has 2 aromatic carbocycles. The van der Waals surface area contributed by atoms with Crippen LogP contribution < -0.4 is 5.32 Å². The molecule has 0 unspecified atom stereocenters. The second-order valence-corrected chi connectivity index (χ2v) is 6.61. The second kappa shape index (κ2) is 7.21. The third kappa shape index (κ3) is 3.57. The minimum atomic E-state index is -0.322. The minimum Gasteiger partial charge on any atom is -0.351 e. The number of aromatic nitrogens is 3. The molecular formula is C19H20FN5O. The number of hydrogen-bond acceptors (Lipinski definition) is 4. The average Bonchev–Trinajstić information content (AvgIpc) is 3.31. The highest BCUT2D eigenvalue weighted by molar-refractivity contribution is 5.81. The topological polar surface area (TPSA) is 73.9 Å². The molecule has 0 bridgehead atoms. The third-order valence-corrected chi connectivity index (χ3v) is 4.75. The van der Waals surface area contributed by atoms with Crippen LogP contribution in [0.1, 0.15) is 18.4 Å². The summed E-state index contributed by atoms with van der Waals surface area (Å²) in [6.07, 6.45) is 2.28. The van der Waals surface area contributed by atoms with Crippen LogP contribution in [0.15, 0.2) is 36.4 Å². The Morgan fingerprint density at radius 2 is 1.92 bits per heavy atom. The van der Waals surface area contributed by atoms with Crippen LogP contribution in [0.4, 0.5) is 4.39 Å². The van der Waals surface area contributed by atoms with E-state index in [2.05, 4.69) is 25.6 Å². The van der Waals surface area contributed by atoms with Crippen LogP contribution in [0, 0.1) is 5.82 Å².